The van der Waals surface area contributed by atoms with E-state index in [2.05, 4.69) is 6.92 Å². The highest BCUT2D eigenvalue weighted by molar-refractivity contribution is 5.36. The summed E-state index contributed by atoms with van der Waals surface area (Å²) in [7, 11) is 0. The third-order valence-electron chi connectivity index (χ3n) is 2.23. The lowest BCUT2D eigenvalue weighted by atomic mass is 10.1. The van der Waals surface area contributed by atoms with Crippen molar-refractivity contribution >= 4 is 0 Å². The molecule has 15 heavy (non-hydrogen) atoms. The van der Waals surface area contributed by atoms with Gasteiger partial charge in [-0.25, -0.2) is 4.39 Å². The first kappa shape index (κ1) is 12.0. The molecule has 0 aliphatic carbocycles. The molecule has 0 bridgehead atoms. The summed E-state index contributed by atoms with van der Waals surface area (Å²) in [5, 5.41) is 0. The summed E-state index contributed by atoms with van der Waals surface area (Å²) in [5.41, 5.74) is 6.47. The fraction of sp³-hybridized carbons (Fsp3) is 0.500. The van der Waals surface area contributed by atoms with Crippen molar-refractivity contribution in [2.75, 3.05) is 6.61 Å². The number of hydrogen-bond acceptors (Lipinski definition) is 2. The maximum atomic E-state index is 13.5. The van der Waals surface area contributed by atoms with Crippen LogP contribution >= 0.6 is 0 Å². The molecule has 0 amide bonds. The lowest BCUT2D eigenvalue weighted by molar-refractivity contribution is 0.289. The van der Waals surface area contributed by atoms with Crippen LogP contribution in [0.1, 0.15) is 38.3 Å². The zero-order valence-electron chi connectivity index (χ0n) is 9.29. The summed E-state index contributed by atoms with van der Waals surface area (Å²) in [5.74, 6) is -0.0261. The number of ether oxygens (including phenoxy) is 1. The number of nitrogens with two attached hydrogens (primary N) is 1. The van der Waals surface area contributed by atoms with Crippen LogP contribution in [0.4, 0.5) is 4.39 Å². The van der Waals surface area contributed by atoms with Crippen molar-refractivity contribution in [3.05, 3.63) is 29.6 Å². The Balaban J connectivity index is 2.82. The summed E-state index contributed by atoms with van der Waals surface area (Å²) in [6, 6.07) is 4.64. The number of unbranched alkanes of at least 4 members (excludes halogenated alkanes) is 1. The van der Waals surface area contributed by atoms with Crippen LogP contribution in [-0.4, -0.2) is 6.61 Å². The van der Waals surface area contributed by atoms with E-state index < -0.39 is 0 Å². The van der Waals surface area contributed by atoms with Crippen molar-refractivity contribution in [3.63, 3.8) is 0 Å². The predicted octanol–water partition coefficient (Wildman–Crippen LogP) is 3.02. The van der Waals surface area contributed by atoms with E-state index in [-0.39, 0.29) is 11.9 Å². The molecule has 0 heterocycles. The van der Waals surface area contributed by atoms with E-state index in [9.17, 15) is 4.39 Å². The van der Waals surface area contributed by atoms with E-state index in [0.29, 0.717) is 12.4 Å². The van der Waals surface area contributed by atoms with E-state index in [4.69, 9.17) is 10.5 Å². The fourth-order valence-electron chi connectivity index (χ4n) is 1.35. The summed E-state index contributed by atoms with van der Waals surface area (Å²) >= 11 is 0. The molecule has 0 spiro atoms. The van der Waals surface area contributed by atoms with E-state index in [0.717, 1.165) is 18.4 Å². The van der Waals surface area contributed by atoms with Crippen LogP contribution < -0.4 is 10.5 Å². The van der Waals surface area contributed by atoms with E-state index in [1.165, 1.54) is 6.07 Å². The molecule has 3 heteroatoms. The molecule has 0 unspecified atom stereocenters. The van der Waals surface area contributed by atoms with Gasteiger partial charge in [-0.2, -0.15) is 0 Å². The van der Waals surface area contributed by atoms with Crippen LogP contribution in [0.25, 0.3) is 0 Å². The highest BCUT2D eigenvalue weighted by atomic mass is 19.1. The Morgan fingerprint density at radius 3 is 2.80 bits per heavy atom. The number of para-hydroxylation sites is 1. The van der Waals surface area contributed by atoms with E-state index in [1.54, 1.807) is 12.1 Å². The Morgan fingerprint density at radius 1 is 1.47 bits per heavy atom. The maximum Gasteiger partial charge on any atom is 0.165 e. The van der Waals surface area contributed by atoms with Gasteiger partial charge in [-0.15, -0.1) is 0 Å². The lowest BCUT2D eigenvalue weighted by Gasteiger charge is -2.14. The zero-order valence-corrected chi connectivity index (χ0v) is 9.29. The van der Waals surface area contributed by atoms with Gasteiger partial charge in [-0.1, -0.05) is 25.5 Å². The molecule has 1 aromatic rings. The van der Waals surface area contributed by atoms with Crippen molar-refractivity contribution in [1.29, 1.82) is 0 Å². The second kappa shape index (κ2) is 5.71. The molecule has 0 saturated carbocycles. The van der Waals surface area contributed by atoms with Crippen LogP contribution in [0.15, 0.2) is 18.2 Å². The van der Waals surface area contributed by atoms with Gasteiger partial charge in [0.05, 0.1) is 6.61 Å². The van der Waals surface area contributed by atoms with Gasteiger partial charge in [0.2, 0.25) is 0 Å². The first-order valence-electron chi connectivity index (χ1n) is 5.33. The molecule has 1 aromatic carbocycles. The number of halogens is 1. The first-order chi connectivity index (χ1) is 7.16. The third-order valence-corrected chi connectivity index (χ3v) is 2.23. The van der Waals surface area contributed by atoms with Gasteiger partial charge in [-0.05, 0) is 19.4 Å². The molecule has 0 aliphatic heterocycles. The summed E-state index contributed by atoms with van der Waals surface area (Å²) < 4.78 is 18.9. The minimum absolute atomic E-state index is 0.211. The Kier molecular flexibility index (Phi) is 4.56. The van der Waals surface area contributed by atoms with Crippen molar-refractivity contribution in [1.82, 2.24) is 0 Å². The van der Waals surface area contributed by atoms with Gasteiger partial charge in [0, 0.05) is 11.6 Å². The maximum absolute atomic E-state index is 13.5. The monoisotopic (exact) mass is 211 g/mol. The minimum Gasteiger partial charge on any atom is -0.490 e. The minimum atomic E-state index is -0.332. The normalized spacial score (nSPS) is 12.5. The Bertz CT molecular complexity index is 312. The molecule has 0 saturated heterocycles. The van der Waals surface area contributed by atoms with Crippen molar-refractivity contribution in [2.45, 2.75) is 32.7 Å². The van der Waals surface area contributed by atoms with Gasteiger partial charge >= 0.3 is 0 Å². The third kappa shape index (κ3) is 3.20. The molecule has 0 radical (unpaired) electrons. The largest absolute Gasteiger partial charge is 0.490 e. The topological polar surface area (TPSA) is 35.2 Å². The summed E-state index contributed by atoms with van der Waals surface area (Å²) in [6.45, 7) is 4.43. The van der Waals surface area contributed by atoms with Gasteiger partial charge in [0.15, 0.2) is 11.6 Å². The SMILES string of the molecule is CCCCOc1c(F)cccc1[C@@H](C)N. The Morgan fingerprint density at radius 2 is 2.20 bits per heavy atom. The molecule has 0 aliphatic rings. The number of rotatable bonds is 5. The zero-order chi connectivity index (χ0) is 11.3. The smallest absolute Gasteiger partial charge is 0.165 e. The lowest BCUT2D eigenvalue weighted by Crippen LogP contribution is -2.09. The summed E-state index contributed by atoms with van der Waals surface area (Å²) in [6.07, 6.45) is 1.95. The molecule has 84 valence electrons. The van der Waals surface area contributed by atoms with E-state index in [1.807, 2.05) is 6.92 Å². The van der Waals surface area contributed by atoms with Crippen LogP contribution in [0, 0.1) is 5.82 Å². The van der Waals surface area contributed by atoms with E-state index >= 15 is 0 Å². The molecule has 0 fully saturated rings. The van der Waals surface area contributed by atoms with Crippen LogP contribution in [0.3, 0.4) is 0 Å². The molecule has 2 N–H and O–H groups in total. The van der Waals surface area contributed by atoms with Crippen LogP contribution in [-0.2, 0) is 0 Å². The van der Waals surface area contributed by atoms with Gasteiger partial charge in [-0.3, -0.25) is 0 Å². The Labute approximate surface area is 90.2 Å². The molecule has 1 atom stereocenters. The standard InChI is InChI=1S/C12H18FNO/c1-3-4-8-15-12-10(9(2)14)6-5-7-11(12)13/h5-7,9H,3-4,8,14H2,1-2H3/t9-/m1/s1. The highest BCUT2D eigenvalue weighted by Gasteiger charge is 2.12. The van der Waals surface area contributed by atoms with Crippen molar-refractivity contribution in [3.8, 4) is 5.75 Å². The number of benzene rings is 1. The molecule has 2 nitrogen and oxygen atoms in total. The molecular weight excluding hydrogens is 193 g/mol. The fourth-order valence-corrected chi connectivity index (χ4v) is 1.35. The number of hydrogen-bond donors (Lipinski definition) is 1. The van der Waals surface area contributed by atoms with Crippen LogP contribution in [0.2, 0.25) is 0 Å². The highest BCUT2D eigenvalue weighted by Crippen LogP contribution is 2.27. The second-order valence-electron chi connectivity index (χ2n) is 3.65. The second-order valence-corrected chi connectivity index (χ2v) is 3.65. The van der Waals surface area contributed by atoms with Gasteiger partial charge in [0.1, 0.15) is 0 Å². The summed E-state index contributed by atoms with van der Waals surface area (Å²) in [4.78, 5) is 0. The van der Waals surface area contributed by atoms with Crippen molar-refractivity contribution in [2.24, 2.45) is 5.73 Å². The molecule has 0 aromatic heterocycles. The quantitative estimate of drug-likeness (QED) is 0.760. The van der Waals surface area contributed by atoms with Crippen molar-refractivity contribution < 1.29 is 9.13 Å². The average Bonchev–Trinajstić information content (AvgIpc) is 2.20. The van der Waals surface area contributed by atoms with Crippen LogP contribution in [0.5, 0.6) is 5.75 Å². The first-order valence-corrected chi connectivity index (χ1v) is 5.33. The molecule has 1 rings (SSSR count). The Hall–Kier alpha value is -1.09. The predicted molar refractivity (Wildman–Crippen MR) is 59.4 cm³/mol. The molecular formula is C12H18FNO. The average molecular weight is 211 g/mol. The van der Waals surface area contributed by atoms with Gasteiger partial charge in [0.25, 0.3) is 0 Å². The van der Waals surface area contributed by atoms with Gasteiger partial charge < -0.3 is 10.5 Å².